The summed E-state index contributed by atoms with van der Waals surface area (Å²) in [4.78, 5) is 27.8. The van der Waals surface area contributed by atoms with Crippen molar-refractivity contribution in [3.63, 3.8) is 0 Å². The Labute approximate surface area is 122 Å². The monoisotopic (exact) mass is 297 g/mol. The standard InChI is InChI=1S/C12H19N5O2S/c1-16(2)11(18)8-17-5-3-9(4-6-17)14-12(19)10-7-13-15-20-10/h7,9H,3-6,8H2,1-2H3,(H,14,19). The van der Waals surface area contributed by atoms with Gasteiger partial charge in [-0.1, -0.05) is 4.49 Å². The van der Waals surface area contributed by atoms with Gasteiger partial charge >= 0.3 is 0 Å². The van der Waals surface area contributed by atoms with Crippen molar-refractivity contribution < 1.29 is 9.59 Å². The van der Waals surface area contributed by atoms with E-state index in [-0.39, 0.29) is 17.9 Å². The van der Waals surface area contributed by atoms with Gasteiger partial charge in [-0.05, 0) is 24.4 Å². The second kappa shape index (κ2) is 6.76. The Kier molecular flexibility index (Phi) is 5.02. The number of nitrogens with zero attached hydrogens (tertiary/aromatic N) is 4. The molecule has 20 heavy (non-hydrogen) atoms. The van der Waals surface area contributed by atoms with Crippen LogP contribution in [-0.2, 0) is 4.79 Å². The maximum Gasteiger partial charge on any atom is 0.264 e. The summed E-state index contributed by atoms with van der Waals surface area (Å²) < 4.78 is 3.68. The van der Waals surface area contributed by atoms with Gasteiger partial charge in [0.1, 0.15) is 4.88 Å². The van der Waals surface area contributed by atoms with Crippen molar-refractivity contribution in [3.05, 3.63) is 11.1 Å². The molecule has 8 heteroatoms. The number of nitrogens with one attached hydrogen (secondary N) is 1. The molecule has 2 rings (SSSR count). The van der Waals surface area contributed by atoms with Gasteiger partial charge in [-0.2, -0.15) is 0 Å². The molecule has 1 aliphatic rings. The molecule has 0 radical (unpaired) electrons. The van der Waals surface area contributed by atoms with E-state index in [0.29, 0.717) is 11.4 Å². The van der Waals surface area contributed by atoms with Crippen LogP contribution in [0.3, 0.4) is 0 Å². The van der Waals surface area contributed by atoms with E-state index in [9.17, 15) is 9.59 Å². The molecule has 2 heterocycles. The van der Waals surface area contributed by atoms with E-state index in [1.165, 1.54) is 6.20 Å². The van der Waals surface area contributed by atoms with Gasteiger partial charge in [0.05, 0.1) is 12.7 Å². The smallest absolute Gasteiger partial charge is 0.264 e. The Morgan fingerprint density at radius 1 is 1.45 bits per heavy atom. The van der Waals surface area contributed by atoms with E-state index >= 15 is 0 Å². The zero-order valence-electron chi connectivity index (χ0n) is 11.7. The topological polar surface area (TPSA) is 78.4 Å². The Bertz CT molecular complexity index is 454. The van der Waals surface area contributed by atoms with Gasteiger partial charge in [0, 0.05) is 33.2 Å². The summed E-state index contributed by atoms with van der Waals surface area (Å²) in [6, 6.07) is 0.162. The van der Waals surface area contributed by atoms with E-state index < -0.39 is 0 Å². The lowest BCUT2D eigenvalue weighted by Gasteiger charge is -2.32. The van der Waals surface area contributed by atoms with Crippen molar-refractivity contribution in [2.24, 2.45) is 0 Å². The zero-order valence-corrected chi connectivity index (χ0v) is 12.5. The van der Waals surface area contributed by atoms with Crippen LogP contribution in [0.15, 0.2) is 6.20 Å². The zero-order chi connectivity index (χ0) is 14.5. The number of carbonyl (C=O) groups is 2. The lowest BCUT2D eigenvalue weighted by Crippen LogP contribution is -2.47. The second-order valence-corrected chi connectivity index (χ2v) is 5.88. The first-order valence-corrected chi connectivity index (χ1v) is 7.34. The number of piperidine rings is 1. The predicted octanol–water partition coefficient (Wildman–Crippen LogP) is -0.179. The predicted molar refractivity (Wildman–Crippen MR) is 75.5 cm³/mol. The number of likely N-dealkylation sites (N-methyl/N-ethyl adjacent to an activating group) is 1. The highest BCUT2D eigenvalue weighted by atomic mass is 32.1. The van der Waals surface area contributed by atoms with E-state index in [1.807, 2.05) is 0 Å². The maximum atomic E-state index is 11.9. The van der Waals surface area contributed by atoms with Crippen molar-refractivity contribution >= 4 is 23.3 Å². The molecule has 2 amide bonds. The molecule has 110 valence electrons. The molecule has 0 aromatic carbocycles. The summed E-state index contributed by atoms with van der Waals surface area (Å²) in [5.41, 5.74) is 0. The minimum Gasteiger partial charge on any atom is -0.348 e. The first-order valence-electron chi connectivity index (χ1n) is 6.57. The highest BCUT2D eigenvalue weighted by Crippen LogP contribution is 2.12. The van der Waals surface area contributed by atoms with Crippen molar-refractivity contribution in [3.8, 4) is 0 Å². The van der Waals surface area contributed by atoms with Crippen LogP contribution in [0.1, 0.15) is 22.5 Å². The number of amides is 2. The van der Waals surface area contributed by atoms with Gasteiger partial charge in [0.15, 0.2) is 0 Å². The molecule has 1 fully saturated rings. The van der Waals surface area contributed by atoms with Crippen LogP contribution in [0.5, 0.6) is 0 Å². The molecule has 7 nitrogen and oxygen atoms in total. The van der Waals surface area contributed by atoms with Crippen LogP contribution in [-0.4, -0.2) is 71.0 Å². The Balaban J connectivity index is 1.74. The van der Waals surface area contributed by atoms with E-state index in [0.717, 1.165) is 37.5 Å². The number of aromatic nitrogens is 2. The van der Waals surface area contributed by atoms with Gasteiger partial charge in [-0.3, -0.25) is 14.5 Å². The van der Waals surface area contributed by atoms with Crippen LogP contribution in [0.25, 0.3) is 0 Å². The fraction of sp³-hybridized carbons (Fsp3) is 0.667. The summed E-state index contributed by atoms with van der Waals surface area (Å²) in [5, 5.41) is 6.64. The van der Waals surface area contributed by atoms with E-state index in [1.54, 1.807) is 19.0 Å². The number of hydrogen-bond acceptors (Lipinski definition) is 6. The Hall–Kier alpha value is -1.54. The fourth-order valence-corrected chi connectivity index (χ4v) is 2.51. The minimum atomic E-state index is -0.109. The first-order chi connectivity index (χ1) is 9.56. The molecule has 1 aromatic heterocycles. The quantitative estimate of drug-likeness (QED) is 0.834. The molecular weight excluding hydrogens is 278 g/mol. The molecule has 0 unspecified atom stereocenters. The van der Waals surface area contributed by atoms with Crippen LogP contribution in [0, 0.1) is 0 Å². The SMILES string of the molecule is CN(C)C(=O)CN1CCC(NC(=O)c2cnns2)CC1. The van der Waals surface area contributed by atoms with Gasteiger partial charge in [0.2, 0.25) is 5.91 Å². The molecule has 1 aliphatic heterocycles. The molecule has 0 spiro atoms. The Morgan fingerprint density at radius 3 is 2.70 bits per heavy atom. The summed E-state index contributed by atoms with van der Waals surface area (Å²) in [7, 11) is 3.52. The van der Waals surface area contributed by atoms with Gasteiger partial charge in [0.25, 0.3) is 5.91 Å². The third-order valence-electron chi connectivity index (χ3n) is 3.37. The number of rotatable bonds is 4. The lowest BCUT2D eigenvalue weighted by atomic mass is 10.0. The molecule has 0 saturated carbocycles. The van der Waals surface area contributed by atoms with Crippen molar-refractivity contribution in [2.75, 3.05) is 33.7 Å². The lowest BCUT2D eigenvalue weighted by molar-refractivity contribution is -0.130. The molecule has 1 N–H and O–H groups in total. The van der Waals surface area contributed by atoms with Gasteiger partial charge in [-0.15, -0.1) is 5.10 Å². The van der Waals surface area contributed by atoms with Crippen LogP contribution < -0.4 is 5.32 Å². The number of carbonyl (C=O) groups excluding carboxylic acids is 2. The summed E-state index contributed by atoms with van der Waals surface area (Å²) in [6.45, 7) is 2.10. The first kappa shape index (κ1) is 14.9. The Morgan fingerprint density at radius 2 is 2.15 bits per heavy atom. The fourth-order valence-electron chi connectivity index (χ4n) is 2.09. The van der Waals surface area contributed by atoms with Crippen LogP contribution in [0.4, 0.5) is 0 Å². The number of hydrogen-bond donors (Lipinski definition) is 1. The van der Waals surface area contributed by atoms with Crippen LogP contribution >= 0.6 is 11.5 Å². The molecule has 0 bridgehead atoms. The van der Waals surface area contributed by atoms with Gasteiger partial charge < -0.3 is 10.2 Å². The largest absolute Gasteiger partial charge is 0.348 e. The molecular formula is C12H19N5O2S. The summed E-state index contributed by atoms with van der Waals surface area (Å²) in [6.07, 6.45) is 3.20. The summed E-state index contributed by atoms with van der Waals surface area (Å²) >= 11 is 1.10. The van der Waals surface area contributed by atoms with Crippen molar-refractivity contribution in [1.29, 1.82) is 0 Å². The maximum absolute atomic E-state index is 11.9. The normalized spacial score (nSPS) is 16.9. The highest BCUT2D eigenvalue weighted by Gasteiger charge is 2.23. The third kappa shape index (κ3) is 3.97. The molecule has 1 saturated heterocycles. The van der Waals surface area contributed by atoms with Crippen molar-refractivity contribution in [2.45, 2.75) is 18.9 Å². The second-order valence-electron chi connectivity index (χ2n) is 5.09. The third-order valence-corrected chi connectivity index (χ3v) is 4.03. The average molecular weight is 297 g/mol. The minimum absolute atomic E-state index is 0.109. The highest BCUT2D eigenvalue weighted by molar-refractivity contribution is 7.07. The van der Waals surface area contributed by atoms with E-state index in [2.05, 4.69) is 19.8 Å². The van der Waals surface area contributed by atoms with Crippen LogP contribution in [0.2, 0.25) is 0 Å². The summed E-state index contributed by atoms with van der Waals surface area (Å²) in [5.74, 6) is 0.00559. The average Bonchev–Trinajstić information content (AvgIpc) is 2.95. The van der Waals surface area contributed by atoms with Crippen molar-refractivity contribution in [1.82, 2.24) is 24.7 Å². The number of likely N-dealkylation sites (tertiary alicyclic amines) is 1. The molecule has 0 aliphatic carbocycles. The molecule has 1 aromatic rings. The van der Waals surface area contributed by atoms with Gasteiger partial charge in [-0.25, -0.2) is 0 Å². The van der Waals surface area contributed by atoms with E-state index in [4.69, 9.17) is 0 Å². The molecule has 0 atom stereocenters.